The maximum atomic E-state index is 13.0. The van der Waals surface area contributed by atoms with Crippen LogP contribution < -0.4 is 10.2 Å². The zero-order valence-corrected chi connectivity index (χ0v) is 18.0. The molecule has 1 fully saturated rings. The van der Waals surface area contributed by atoms with Gasteiger partial charge >= 0.3 is 0 Å². The van der Waals surface area contributed by atoms with Crippen molar-refractivity contribution in [1.29, 1.82) is 0 Å². The van der Waals surface area contributed by atoms with Crippen LogP contribution in [0, 0.1) is 0 Å². The summed E-state index contributed by atoms with van der Waals surface area (Å²) in [6.07, 6.45) is 3.17. The first-order chi connectivity index (χ1) is 16.2. The lowest BCUT2D eigenvalue weighted by molar-refractivity contribution is -0.117. The Morgan fingerprint density at radius 1 is 0.970 bits per heavy atom. The third kappa shape index (κ3) is 4.41. The molecule has 33 heavy (non-hydrogen) atoms. The molecule has 1 aliphatic rings. The van der Waals surface area contributed by atoms with E-state index in [2.05, 4.69) is 10.3 Å². The van der Waals surface area contributed by atoms with Crippen LogP contribution in [0.25, 0.3) is 22.8 Å². The molecule has 5 rings (SSSR count). The predicted octanol–water partition coefficient (Wildman–Crippen LogP) is 5.07. The van der Waals surface area contributed by atoms with Gasteiger partial charge in [0.25, 0.3) is 5.91 Å². The molecule has 0 atom stereocenters. The Hall–Kier alpha value is -4.19. The molecule has 4 aromatic rings. The molecule has 3 aromatic carbocycles. The summed E-state index contributed by atoms with van der Waals surface area (Å²) in [7, 11) is 0. The third-order valence-corrected chi connectivity index (χ3v) is 5.74. The lowest BCUT2D eigenvalue weighted by Gasteiger charge is -2.16. The van der Waals surface area contributed by atoms with E-state index in [0.717, 1.165) is 29.8 Å². The smallest absolute Gasteiger partial charge is 0.252 e. The van der Waals surface area contributed by atoms with Crippen LogP contribution >= 0.6 is 0 Å². The topological polar surface area (TPSA) is 75.4 Å². The second kappa shape index (κ2) is 9.12. The summed E-state index contributed by atoms with van der Waals surface area (Å²) in [5, 5.41) is 2.97. The van der Waals surface area contributed by atoms with Crippen LogP contribution in [-0.2, 0) is 11.3 Å². The molecule has 164 valence electrons. The molecule has 0 spiro atoms. The van der Waals surface area contributed by atoms with E-state index in [4.69, 9.17) is 4.42 Å². The first-order valence-electron chi connectivity index (χ1n) is 11.0. The van der Waals surface area contributed by atoms with Crippen molar-refractivity contribution in [3.05, 3.63) is 96.2 Å². The highest BCUT2D eigenvalue weighted by molar-refractivity contribution is 6.00. The maximum absolute atomic E-state index is 13.0. The molecule has 6 nitrogen and oxygen atoms in total. The zero-order chi connectivity index (χ0) is 22.6. The third-order valence-electron chi connectivity index (χ3n) is 5.74. The second-order valence-corrected chi connectivity index (χ2v) is 7.94. The van der Waals surface area contributed by atoms with E-state index in [1.165, 1.54) is 0 Å². The van der Waals surface area contributed by atoms with E-state index in [9.17, 15) is 9.59 Å². The van der Waals surface area contributed by atoms with Gasteiger partial charge in [-0.15, -0.1) is 0 Å². The van der Waals surface area contributed by atoms with Gasteiger partial charge in [-0.3, -0.25) is 9.59 Å². The van der Waals surface area contributed by atoms with Gasteiger partial charge in [0.1, 0.15) is 0 Å². The van der Waals surface area contributed by atoms with E-state index >= 15 is 0 Å². The van der Waals surface area contributed by atoms with Crippen LogP contribution in [0.4, 0.5) is 5.69 Å². The van der Waals surface area contributed by atoms with E-state index in [1.807, 2.05) is 72.8 Å². The number of aromatic nitrogens is 1. The molecule has 0 aliphatic carbocycles. The predicted molar refractivity (Wildman–Crippen MR) is 127 cm³/mol. The minimum absolute atomic E-state index is 0.162. The van der Waals surface area contributed by atoms with Crippen molar-refractivity contribution >= 4 is 17.5 Å². The normalized spacial score (nSPS) is 13.3. The van der Waals surface area contributed by atoms with Crippen LogP contribution in [0.15, 0.2) is 89.5 Å². The summed E-state index contributed by atoms with van der Waals surface area (Å²) >= 11 is 0. The van der Waals surface area contributed by atoms with Gasteiger partial charge in [-0.25, -0.2) is 4.98 Å². The number of carbonyl (C=O) groups excluding carboxylic acids is 2. The molecule has 2 amide bonds. The summed E-state index contributed by atoms with van der Waals surface area (Å²) in [5.74, 6) is 1.01. The number of nitrogens with zero attached hydrogens (tertiary/aromatic N) is 2. The maximum Gasteiger partial charge on any atom is 0.252 e. The number of amides is 2. The number of hydrogen-bond acceptors (Lipinski definition) is 4. The number of rotatable bonds is 6. The van der Waals surface area contributed by atoms with Crippen molar-refractivity contribution in [1.82, 2.24) is 10.3 Å². The molecule has 0 radical (unpaired) electrons. The molecular weight excluding hydrogens is 414 g/mol. The largest absolute Gasteiger partial charge is 0.436 e. The fourth-order valence-corrected chi connectivity index (χ4v) is 3.99. The Morgan fingerprint density at radius 2 is 1.73 bits per heavy atom. The van der Waals surface area contributed by atoms with Crippen LogP contribution in [0.5, 0.6) is 0 Å². The van der Waals surface area contributed by atoms with Crippen molar-refractivity contribution in [3.63, 3.8) is 0 Å². The average molecular weight is 437 g/mol. The number of benzene rings is 3. The van der Waals surface area contributed by atoms with Gasteiger partial charge in [-0.2, -0.15) is 0 Å². The molecule has 1 aromatic heterocycles. The van der Waals surface area contributed by atoms with Gasteiger partial charge in [0, 0.05) is 36.3 Å². The van der Waals surface area contributed by atoms with Crippen molar-refractivity contribution < 1.29 is 14.0 Å². The number of nitrogens with one attached hydrogen (secondary N) is 1. The van der Waals surface area contributed by atoms with Crippen molar-refractivity contribution in [2.75, 3.05) is 11.4 Å². The highest BCUT2D eigenvalue weighted by Gasteiger charge is 2.21. The minimum Gasteiger partial charge on any atom is -0.436 e. The van der Waals surface area contributed by atoms with Gasteiger partial charge in [-0.1, -0.05) is 54.6 Å². The monoisotopic (exact) mass is 437 g/mol. The molecule has 1 aliphatic heterocycles. The van der Waals surface area contributed by atoms with Crippen LogP contribution in [0.3, 0.4) is 0 Å². The molecule has 0 unspecified atom stereocenters. The summed E-state index contributed by atoms with van der Waals surface area (Å²) in [4.78, 5) is 31.1. The van der Waals surface area contributed by atoms with Crippen LogP contribution in [-0.4, -0.2) is 23.3 Å². The second-order valence-electron chi connectivity index (χ2n) is 7.94. The van der Waals surface area contributed by atoms with Gasteiger partial charge < -0.3 is 14.6 Å². The van der Waals surface area contributed by atoms with E-state index in [0.29, 0.717) is 35.7 Å². The van der Waals surface area contributed by atoms with Crippen LogP contribution in [0.2, 0.25) is 0 Å². The molecular formula is C27H23N3O3. The first-order valence-corrected chi connectivity index (χ1v) is 11.0. The van der Waals surface area contributed by atoms with Gasteiger partial charge in [0.2, 0.25) is 11.8 Å². The van der Waals surface area contributed by atoms with Crippen molar-refractivity contribution in [2.24, 2.45) is 0 Å². The summed E-state index contributed by atoms with van der Waals surface area (Å²) in [5.41, 5.74) is 3.92. The zero-order valence-electron chi connectivity index (χ0n) is 18.0. The lowest BCUT2D eigenvalue weighted by atomic mass is 10.1. The minimum atomic E-state index is -0.205. The van der Waals surface area contributed by atoms with Crippen molar-refractivity contribution in [3.8, 4) is 22.8 Å². The van der Waals surface area contributed by atoms with E-state index < -0.39 is 0 Å². The van der Waals surface area contributed by atoms with Crippen molar-refractivity contribution in [2.45, 2.75) is 19.4 Å². The Morgan fingerprint density at radius 3 is 2.48 bits per heavy atom. The SMILES string of the molecule is O=C(NCc1ccc(N2CCCC2=O)cc1)c1ccccc1-c1ncc(-c2ccccc2)o1. The Labute approximate surface area is 191 Å². The highest BCUT2D eigenvalue weighted by Crippen LogP contribution is 2.28. The van der Waals surface area contributed by atoms with E-state index in [-0.39, 0.29) is 11.8 Å². The average Bonchev–Trinajstić information content (AvgIpc) is 3.53. The molecule has 2 heterocycles. The lowest BCUT2D eigenvalue weighted by Crippen LogP contribution is -2.24. The van der Waals surface area contributed by atoms with Crippen LogP contribution in [0.1, 0.15) is 28.8 Å². The van der Waals surface area contributed by atoms with Gasteiger partial charge in [0.15, 0.2) is 5.76 Å². The molecule has 1 saturated heterocycles. The number of hydrogen-bond donors (Lipinski definition) is 1. The highest BCUT2D eigenvalue weighted by atomic mass is 16.4. The standard InChI is InChI=1S/C27H23N3O3/c31-25-11-6-16-30(25)21-14-12-19(13-15-21)17-28-26(32)22-9-4-5-10-23(22)27-29-18-24(33-27)20-7-2-1-3-8-20/h1-5,7-10,12-15,18H,6,11,16-17H2,(H,28,32). The fourth-order valence-electron chi connectivity index (χ4n) is 3.99. The number of anilines is 1. The number of carbonyl (C=O) groups is 2. The van der Waals surface area contributed by atoms with Gasteiger partial charge in [0.05, 0.1) is 11.8 Å². The quantitative estimate of drug-likeness (QED) is 0.457. The molecule has 1 N–H and O–H groups in total. The fraction of sp³-hybridized carbons (Fsp3) is 0.148. The Kier molecular flexibility index (Phi) is 5.72. The summed E-state index contributed by atoms with van der Waals surface area (Å²) in [6.45, 7) is 1.14. The summed E-state index contributed by atoms with van der Waals surface area (Å²) < 4.78 is 5.96. The Bertz CT molecular complexity index is 1280. The first kappa shape index (κ1) is 20.7. The number of oxazole rings is 1. The van der Waals surface area contributed by atoms with E-state index in [1.54, 1.807) is 17.2 Å². The summed E-state index contributed by atoms with van der Waals surface area (Å²) in [6, 6.07) is 24.7. The molecule has 0 bridgehead atoms. The van der Waals surface area contributed by atoms with Gasteiger partial charge in [-0.05, 0) is 36.2 Å². The molecule has 0 saturated carbocycles. The Balaban J connectivity index is 1.29. The molecule has 6 heteroatoms.